The molecule has 2 aromatic rings. The van der Waals surface area contributed by atoms with Gasteiger partial charge in [-0.15, -0.1) is 0 Å². The third-order valence-electron chi connectivity index (χ3n) is 3.74. The third-order valence-corrected chi connectivity index (χ3v) is 5.70. The molecule has 118 valence electrons. The van der Waals surface area contributed by atoms with Crippen LogP contribution in [0.5, 0.6) is 0 Å². The molecule has 0 heterocycles. The summed E-state index contributed by atoms with van der Waals surface area (Å²) in [5.74, 6) is -0.671. The van der Waals surface area contributed by atoms with E-state index in [1.54, 1.807) is 13.8 Å². The Balaban J connectivity index is 2.54. The molecule has 3 nitrogen and oxygen atoms in total. The zero-order valence-electron chi connectivity index (χ0n) is 12.8. The number of sulfonamides is 1. The van der Waals surface area contributed by atoms with Gasteiger partial charge in [0.15, 0.2) is 0 Å². The van der Waals surface area contributed by atoms with Gasteiger partial charge in [-0.3, -0.25) is 4.72 Å². The summed E-state index contributed by atoms with van der Waals surface area (Å²) in [7, 11) is -3.81. The van der Waals surface area contributed by atoms with Gasteiger partial charge in [0.1, 0.15) is 5.82 Å². The van der Waals surface area contributed by atoms with Crippen molar-refractivity contribution in [2.24, 2.45) is 0 Å². The minimum Gasteiger partial charge on any atom is -0.280 e. The number of halogens is 2. The Kier molecular flexibility index (Phi) is 4.49. The molecule has 22 heavy (non-hydrogen) atoms. The molecule has 0 aromatic heterocycles. The van der Waals surface area contributed by atoms with Crippen molar-refractivity contribution in [3.63, 3.8) is 0 Å². The molecule has 0 fully saturated rings. The topological polar surface area (TPSA) is 46.2 Å². The zero-order chi connectivity index (χ0) is 16.7. The summed E-state index contributed by atoms with van der Waals surface area (Å²) < 4.78 is 41.2. The van der Waals surface area contributed by atoms with E-state index in [9.17, 15) is 12.8 Å². The van der Waals surface area contributed by atoms with Gasteiger partial charge in [0.25, 0.3) is 10.0 Å². The maximum absolute atomic E-state index is 13.5. The van der Waals surface area contributed by atoms with Crippen LogP contribution < -0.4 is 4.72 Å². The first kappa shape index (κ1) is 16.8. The largest absolute Gasteiger partial charge is 0.280 e. The lowest BCUT2D eigenvalue weighted by Gasteiger charge is -2.16. The van der Waals surface area contributed by atoms with Gasteiger partial charge < -0.3 is 0 Å². The van der Waals surface area contributed by atoms with Crippen LogP contribution in [-0.2, 0) is 10.0 Å². The Morgan fingerprint density at radius 1 is 1.00 bits per heavy atom. The highest BCUT2D eigenvalue weighted by molar-refractivity contribution is 7.92. The minimum absolute atomic E-state index is 0.0540. The summed E-state index contributed by atoms with van der Waals surface area (Å²) in [6, 6.07) is 5.76. The third kappa shape index (κ3) is 3.10. The van der Waals surface area contributed by atoms with Gasteiger partial charge in [0, 0.05) is 0 Å². The second kappa shape index (κ2) is 5.89. The van der Waals surface area contributed by atoms with E-state index in [1.165, 1.54) is 12.1 Å². The second-order valence-electron chi connectivity index (χ2n) is 5.32. The fourth-order valence-electron chi connectivity index (χ4n) is 2.35. The average molecular weight is 342 g/mol. The summed E-state index contributed by atoms with van der Waals surface area (Å²) in [5, 5.41) is -0.0540. The highest BCUT2D eigenvalue weighted by Gasteiger charge is 2.22. The van der Waals surface area contributed by atoms with Crippen molar-refractivity contribution in [3.8, 4) is 0 Å². The quantitative estimate of drug-likeness (QED) is 0.892. The number of anilines is 1. The summed E-state index contributed by atoms with van der Waals surface area (Å²) >= 11 is 5.61. The fourth-order valence-corrected chi connectivity index (χ4v) is 4.13. The van der Waals surface area contributed by atoms with E-state index < -0.39 is 15.8 Å². The van der Waals surface area contributed by atoms with E-state index in [0.717, 1.165) is 17.2 Å². The van der Waals surface area contributed by atoms with E-state index in [-0.39, 0.29) is 15.6 Å². The van der Waals surface area contributed by atoms with Crippen LogP contribution in [0.1, 0.15) is 22.3 Å². The molecule has 0 aliphatic rings. The summed E-state index contributed by atoms with van der Waals surface area (Å²) in [5.41, 5.74) is 3.30. The van der Waals surface area contributed by atoms with Gasteiger partial charge in [0.2, 0.25) is 0 Å². The Bertz CT molecular complexity index is 821. The lowest BCUT2D eigenvalue weighted by molar-refractivity contribution is 0.599. The van der Waals surface area contributed by atoms with Crippen LogP contribution in [0.3, 0.4) is 0 Å². The Morgan fingerprint density at radius 3 is 2.05 bits per heavy atom. The van der Waals surface area contributed by atoms with Crippen molar-refractivity contribution in [1.82, 2.24) is 0 Å². The highest BCUT2D eigenvalue weighted by atomic mass is 35.5. The van der Waals surface area contributed by atoms with Crippen molar-refractivity contribution < 1.29 is 12.8 Å². The number of rotatable bonds is 3. The molecule has 0 atom stereocenters. The lowest BCUT2D eigenvalue weighted by atomic mass is 10.0. The van der Waals surface area contributed by atoms with Gasteiger partial charge in [-0.25, -0.2) is 12.8 Å². The monoisotopic (exact) mass is 341 g/mol. The van der Waals surface area contributed by atoms with E-state index in [1.807, 2.05) is 19.9 Å². The minimum atomic E-state index is -3.81. The van der Waals surface area contributed by atoms with Crippen LogP contribution in [-0.4, -0.2) is 8.42 Å². The molecule has 0 spiro atoms. The standard InChI is InChI=1S/C16H17ClFNO2S/c1-9-7-10(2)12(4)16(11(9)3)22(20,21)19-13-5-6-14(17)15(18)8-13/h5-8,19H,1-4H3. The van der Waals surface area contributed by atoms with Crippen LogP contribution in [0.4, 0.5) is 10.1 Å². The molecule has 0 saturated carbocycles. The van der Waals surface area contributed by atoms with Crippen LogP contribution in [0.2, 0.25) is 5.02 Å². The maximum atomic E-state index is 13.5. The van der Waals surface area contributed by atoms with Crippen LogP contribution in [0, 0.1) is 33.5 Å². The van der Waals surface area contributed by atoms with Gasteiger partial charge >= 0.3 is 0 Å². The van der Waals surface area contributed by atoms with Crippen LogP contribution >= 0.6 is 11.6 Å². The summed E-state index contributed by atoms with van der Waals surface area (Å²) in [6.07, 6.45) is 0. The lowest BCUT2D eigenvalue weighted by Crippen LogP contribution is -2.17. The molecule has 0 unspecified atom stereocenters. The van der Waals surface area contributed by atoms with Crippen LogP contribution in [0.25, 0.3) is 0 Å². The van der Waals surface area contributed by atoms with E-state index >= 15 is 0 Å². The van der Waals surface area contributed by atoms with Crippen molar-refractivity contribution in [2.75, 3.05) is 4.72 Å². The molecular formula is C16H17ClFNO2S. The molecule has 1 N–H and O–H groups in total. The Labute approximate surface area is 135 Å². The molecular weight excluding hydrogens is 325 g/mol. The number of aryl methyl sites for hydroxylation is 2. The number of hydrogen-bond acceptors (Lipinski definition) is 2. The zero-order valence-corrected chi connectivity index (χ0v) is 14.4. The van der Waals surface area contributed by atoms with Crippen molar-refractivity contribution in [2.45, 2.75) is 32.6 Å². The fraction of sp³-hybridized carbons (Fsp3) is 0.250. The average Bonchev–Trinajstić information content (AvgIpc) is 2.40. The number of nitrogens with one attached hydrogen (secondary N) is 1. The Morgan fingerprint density at radius 2 is 1.55 bits per heavy atom. The Hall–Kier alpha value is -1.59. The molecule has 6 heteroatoms. The van der Waals surface area contributed by atoms with Crippen molar-refractivity contribution in [1.29, 1.82) is 0 Å². The molecule has 0 aliphatic carbocycles. The molecule has 2 aromatic carbocycles. The predicted molar refractivity (Wildman–Crippen MR) is 87.6 cm³/mol. The first-order valence-electron chi connectivity index (χ1n) is 6.68. The van der Waals surface area contributed by atoms with Crippen molar-refractivity contribution in [3.05, 3.63) is 57.4 Å². The first-order chi connectivity index (χ1) is 10.1. The highest BCUT2D eigenvalue weighted by Crippen LogP contribution is 2.28. The molecule has 0 aliphatic heterocycles. The van der Waals surface area contributed by atoms with E-state index in [4.69, 9.17) is 11.6 Å². The van der Waals surface area contributed by atoms with Gasteiger partial charge in [-0.05, 0) is 68.1 Å². The predicted octanol–water partition coefficient (Wildman–Crippen LogP) is 4.51. The molecule has 2 rings (SSSR count). The van der Waals surface area contributed by atoms with Crippen molar-refractivity contribution >= 4 is 27.3 Å². The second-order valence-corrected chi connectivity index (χ2v) is 7.35. The molecule has 0 saturated heterocycles. The summed E-state index contributed by atoms with van der Waals surface area (Å²) in [4.78, 5) is 0.236. The normalized spacial score (nSPS) is 11.5. The van der Waals surface area contributed by atoms with Crippen LogP contribution in [0.15, 0.2) is 29.2 Å². The first-order valence-corrected chi connectivity index (χ1v) is 8.55. The van der Waals surface area contributed by atoms with E-state index in [2.05, 4.69) is 4.72 Å². The maximum Gasteiger partial charge on any atom is 0.262 e. The van der Waals surface area contributed by atoms with E-state index in [0.29, 0.717) is 11.1 Å². The number of benzene rings is 2. The smallest absolute Gasteiger partial charge is 0.262 e. The molecule has 0 bridgehead atoms. The van der Waals surface area contributed by atoms with Gasteiger partial charge in [0.05, 0.1) is 15.6 Å². The molecule has 0 radical (unpaired) electrons. The molecule has 0 amide bonds. The SMILES string of the molecule is Cc1cc(C)c(C)c(S(=O)(=O)Nc2ccc(Cl)c(F)c2)c1C. The number of hydrogen-bond donors (Lipinski definition) is 1. The van der Waals surface area contributed by atoms with Gasteiger partial charge in [-0.1, -0.05) is 17.7 Å². The summed E-state index contributed by atoms with van der Waals surface area (Å²) in [6.45, 7) is 7.25. The van der Waals surface area contributed by atoms with Gasteiger partial charge in [-0.2, -0.15) is 0 Å².